The van der Waals surface area contributed by atoms with E-state index in [4.69, 9.17) is 17.0 Å². The summed E-state index contributed by atoms with van der Waals surface area (Å²) in [6.45, 7) is 4.15. The van der Waals surface area contributed by atoms with Crippen molar-refractivity contribution in [1.82, 2.24) is 9.55 Å². The summed E-state index contributed by atoms with van der Waals surface area (Å²) >= 11 is 5.49. The first kappa shape index (κ1) is 12.9. The van der Waals surface area contributed by atoms with Crippen molar-refractivity contribution in [2.75, 3.05) is 7.11 Å². The van der Waals surface area contributed by atoms with Crippen molar-refractivity contribution in [1.29, 1.82) is 0 Å². The molecule has 4 heteroatoms. The average molecular weight is 284 g/mol. The summed E-state index contributed by atoms with van der Waals surface area (Å²) in [5.74, 6) is 0.855. The number of para-hydroxylation sites is 1. The van der Waals surface area contributed by atoms with Crippen molar-refractivity contribution in [3.63, 3.8) is 0 Å². The summed E-state index contributed by atoms with van der Waals surface area (Å²) in [5.41, 5.74) is 5.59. The van der Waals surface area contributed by atoms with Crippen LogP contribution in [-0.4, -0.2) is 16.7 Å². The highest BCUT2D eigenvalue weighted by atomic mass is 32.1. The van der Waals surface area contributed by atoms with Gasteiger partial charge in [0.25, 0.3) is 0 Å². The molecule has 0 unspecified atom stereocenters. The first-order valence-electron chi connectivity index (χ1n) is 6.47. The van der Waals surface area contributed by atoms with Gasteiger partial charge in [-0.05, 0) is 61.5 Å². The van der Waals surface area contributed by atoms with E-state index in [1.165, 1.54) is 5.56 Å². The third-order valence-corrected chi connectivity index (χ3v) is 3.86. The molecule has 3 nitrogen and oxygen atoms in total. The van der Waals surface area contributed by atoms with E-state index in [0.29, 0.717) is 4.77 Å². The van der Waals surface area contributed by atoms with Crippen LogP contribution in [0.1, 0.15) is 11.1 Å². The maximum atomic E-state index is 5.49. The summed E-state index contributed by atoms with van der Waals surface area (Å²) in [5, 5.41) is 0. The number of aromatic amines is 1. The van der Waals surface area contributed by atoms with Crippen LogP contribution in [0.15, 0.2) is 36.4 Å². The number of aryl methyl sites for hydroxylation is 2. The number of nitrogens with one attached hydrogen (secondary N) is 1. The van der Waals surface area contributed by atoms with Gasteiger partial charge in [0.1, 0.15) is 5.75 Å². The fourth-order valence-electron chi connectivity index (χ4n) is 2.52. The lowest BCUT2D eigenvalue weighted by molar-refractivity contribution is 0.414. The quantitative estimate of drug-likeness (QED) is 0.710. The first-order chi connectivity index (χ1) is 9.61. The molecular formula is C16H16N2OS. The number of hydrogen-bond acceptors (Lipinski definition) is 2. The molecule has 0 saturated heterocycles. The lowest BCUT2D eigenvalue weighted by atomic mass is 10.1. The molecule has 0 bridgehead atoms. The molecule has 0 atom stereocenters. The second-order valence-electron chi connectivity index (χ2n) is 4.89. The van der Waals surface area contributed by atoms with Crippen molar-refractivity contribution in [2.24, 2.45) is 0 Å². The third-order valence-electron chi connectivity index (χ3n) is 3.57. The molecule has 102 valence electrons. The molecule has 1 aromatic heterocycles. The van der Waals surface area contributed by atoms with Gasteiger partial charge in [-0.2, -0.15) is 0 Å². The SMILES string of the molecule is COc1ccc(-n2c(=S)[nH]c3c(C)cccc32)c(C)c1. The van der Waals surface area contributed by atoms with E-state index in [-0.39, 0.29) is 0 Å². The van der Waals surface area contributed by atoms with Gasteiger partial charge in [0, 0.05) is 0 Å². The maximum absolute atomic E-state index is 5.49. The van der Waals surface area contributed by atoms with Gasteiger partial charge in [-0.1, -0.05) is 12.1 Å². The summed E-state index contributed by atoms with van der Waals surface area (Å²) in [7, 11) is 1.68. The van der Waals surface area contributed by atoms with Gasteiger partial charge in [0.2, 0.25) is 0 Å². The van der Waals surface area contributed by atoms with Crippen LogP contribution in [0.25, 0.3) is 16.7 Å². The highest BCUT2D eigenvalue weighted by Gasteiger charge is 2.10. The molecule has 0 spiro atoms. The van der Waals surface area contributed by atoms with Gasteiger partial charge >= 0.3 is 0 Å². The standard InChI is InChI=1S/C16H16N2OS/c1-10-5-4-6-14-15(10)17-16(20)18(14)13-8-7-12(19-3)9-11(13)2/h4-9H,1-3H3,(H,17,20). The Bertz CT molecular complexity index is 845. The van der Waals surface area contributed by atoms with Crippen molar-refractivity contribution >= 4 is 23.3 Å². The molecule has 1 heterocycles. The molecule has 20 heavy (non-hydrogen) atoms. The third kappa shape index (κ3) is 1.93. The van der Waals surface area contributed by atoms with Crippen molar-refractivity contribution in [2.45, 2.75) is 13.8 Å². The zero-order chi connectivity index (χ0) is 14.3. The molecule has 0 radical (unpaired) electrons. The predicted molar refractivity (Wildman–Crippen MR) is 84.5 cm³/mol. The molecule has 3 aromatic rings. The number of aromatic nitrogens is 2. The summed E-state index contributed by atoms with van der Waals surface area (Å²) in [6, 6.07) is 12.2. The van der Waals surface area contributed by atoms with Gasteiger partial charge in [-0.15, -0.1) is 0 Å². The highest BCUT2D eigenvalue weighted by Crippen LogP contribution is 2.26. The predicted octanol–water partition coefficient (Wildman–Crippen LogP) is 4.31. The molecule has 3 rings (SSSR count). The van der Waals surface area contributed by atoms with Crippen LogP contribution < -0.4 is 4.74 Å². The van der Waals surface area contributed by atoms with E-state index >= 15 is 0 Å². The van der Waals surface area contributed by atoms with Crippen LogP contribution >= 0.6 is 12.2 Å². The van der Waals surface area contributed by atoms with Gasteiger partial charge in [-0.25, -0.2) is 0 Å². The van der Waals surface area contributed by atoms with E-state index in [1.807, 2.05) is 18.2 Å². The monoisotopic (exact) mass is 284 g/mol. The van der Waals surface area contributed by atoms with Crippen molar-refractivity contribution in [3.05, 3.63) is 52.3 Å². The molecule has 0 aliphatic heterocycles. The van der Waals surface area contributed by atoms with Gasteiger partial charge in [0.05, 0.1) is 23.8 Å². The minimum Gasteiger partial charge on any atom is -0.497 e. The van der Waals surface area contributed by atoms with Crippen LogP contribution in [0, 0.1) is 18.6 Å². The first-order valence-corrected chi connectivity index (χ1v) is 6.88. The molecule has 0 fully saturated rings. The zero-order valence-corrected chi connectivity index (χ0v) is 12.5. The van der Waals surface area contributed by atoms with Crippen LogP contribution in [0.4, 0.5) is 0 Å². The summed E-state index contributed by atoms with van der Waals surface area (Å²) in [4.78, 5) is 3.30. The van der Waals surface area contributed by atoms with Crippen molar-refractivity contribution < 1.29 is 4.74 Å². The van der Waals surface area contributed by atoms with E-state index in [2.05, 4.69) is 41.6 Å². The van der Waals surface area contributed by atoms with E-state index in [0.717, 1.165) is 28.0 Å². The molecule has 1 N–H and O–H groups in total. The fraction of sp³-hybridized carbons (Fsp3) is 0.188. The Labute approximate surface area is 122 Å². The number of H-pyrrole nitrogens is 1. The Morgan fingerprint density at radius 3 is 2.60 bits per heavy atom. The molecular weight excluding hydrogens is 268 g/mol. The molecule has 0 saturated carbocycles. The molecule has 0 amide bonds. The van der Waals surface area contributed by atoms with E-state index < -0.39 is 0 Å². The van der Waals surface area contributed by atoms with Crippen LogP contribution in [0.5, 0.6) is 5.75 Å². The minimum absolute atomic E-state index is 0.711. The maximum Gasteiger partial charge on any atom is 0.182 e. The largest absolute Gasteiger partial charge is 0.497 e. The lowest BCUT2D eigenvalue weighted by Gasteiger charge is -2.10. The Morgan fingerprint density at radius 1 is 1.10 bits per heavy atom. The molecule has 2 aromatic carbocycles. The van der Waals surface area contributed by atoms with Gasteiger partial charge < -0.3 is 9.72 Å². The highest BCUT2D eigenvalue weighted by molar-refractivity contribution is 7.71. The van der Waals surface area contributed by atoms with Gasteiger partial charge in [0.15, 0.2) is 4.77 Å². The average Bonchev–Trinajstić information content (AvgIpc) is 2.77. The van der Waals surface area contributed by atoms with Crippen molar-refractivity contribution in [3.8, 4) is 11.4 Å². The Morgan fingerprint density at radius 2 is 1.90 bits per heavy atom. The van der Waals surface area contributed by atoms with Crippen LogP contribution in [0.2, 0.25) is 0 Å². The summed E-state index contributed by atoms with van der Waals surface area (Å²) < 4.78 is 8.05. The van der Waals surface area contributed by atoms with Crippen LogP contribution in [-0.2, 0) is 0 Å². The number of rotatable bonds is 2. The number of hydrogen-bond donors (Lipinski definition) is 1. The minimum atomic E-state index is 0.711. The second kappa shape index (κ2) is 4.80. The number of benzene rings is 2. The number of ether oxygens (including phenoxy) is 1. The molecule has 0 aliphatic carbocycles. The number of imidazole rings is 1. The van der Waals surface area contributed by atoms with E-state index in [1.54, 1.807) is 7.11 Å². The smallest absolute Gasteiger partial charge is 0.182 e. The second-order valence-corrected chi connectivity index (χ2v) is 5.27. The fourth-order valence-corrected chi connectivity index (χ4v) is 2.82. The van der Waals surface area contributed by atoms with E-state index in [9.17, 15) is 0 Å². The Balaban J connectivity index is 2.32. The number of fused-ring (bicyclic) bond motifs is 1. The number of nitrogens with zero attached hydrogens (tertiary/aromatic N) is 1. The molecule has 0 aliphatic rings. The Kier molecular flexibility index (Phi) is 3.10. The summed E-state index contributed by atoms with van der Waals surface area (Å²) in [6.07, 6.45) is 0. The van der Waals surface area contributed by atoms with Gasteiger partial charge in [-0.3, -0.25) is 4.57 Å². The number of methoxy groups -OCH3 is 1. The normalized spacial score (nSPS) is 10.9. The lowest BCUT2D eigenvalue weighted by Crippen LogP contribution is -1.97. The van der Waals surface area contributed by atoms with Crippen LogP contribution in [0.3, 0.4) is 0 Å². The Hall–Kier alpha value is -2.07. The zero-order valence-electron chi connectivity index (χ0n) is 11.7. The topological polar surface area (TPSA) is 29.9 Å².